The van der Waals surface area contributed by atoms with Crippen molar-refractivity contribution in [1.29, 1.82) is 0 Å². The molecule has 162 valence electrons. The lowest BCUT2D eigenvalue weighted by Gasteiger charge is -2.05. The largest absolute Gasteiger partial charge is 0.365 e. The van der Waals surface area contributed by atoms with Crippen LogP contribution in [-0.4, -0.2) is 23.3 Å². The molecule has 0 saturated heterocycles. The van der Waals surface area contributed by atoms with Gasteiger partial charge in [-0.25, -0.2) is 13.8 Å². The minimum atomic E-state index is -0.547. The number of anilines is 1. The van der Waals surface area contributed by atoms with Crippen molar-refractivity contribution in [2.75, 3.05) is 12.4 Å². The fraction of sp³-hybridized carbons (Fsp3) is 0.318. The number of rotatable bonds is 6. The molecule has 8 heteroatoms. The SMILES string of the molecule is CC.CNc1nc(C(C)C)c(SCc2ccc(F)cc2F)s1.O=Cc1ccccn1. The molecular weight excluding hydrogens is 424 g/mol. The predicted molar refractivity (Wildman–Crippen MR) is 123 cm³/mol. The third-order valence-corrected chi connectivity index (χ3v) is 5.98. The number of benzene rings is 1. The Hall–Kier alpha value is -2.32. The van der Waals surface area contributed by atoms with E-state index >= 15 is 0 Å². The van der Waals surface area contributed by atoms with Gasteiger partial charge in [-0.15, -0.1) is 11.8 Å². The van der Waals surface area contributed by atoms with Gasteiger partial charge in [-0.2, -0.15) is 0 Å². The number of thiazole rings is 1. The van der Waals surface area contributed by atoms with Gasteiger partial charge in [-0.1, -0.05) is 51.2 Å². The number of hydrogen-bond acceptors (Lipinski definition) is 6. The first-order valence-electron chi connectivity index (χ1n) is 9.56. The average Bonchev–Trinajstić information content (AvgIpc) is 3.19. The Morgan fingerprint density at radius 3 is 2.43 bits per heavy atom. The number of aldehydes is 1. The molecule has 2 heterocycles. The number of aromatic nitrogens is 2. The van der Waals surface area contributed by atoms with Crippen molar-refractivity contribution < 1.29 is 13.6 Å². The van der Waals surface area contributed by atoms with Crippen molar-refractivity contribution in [3.8, 4) is 0 Å². The summed E-state index contributed by atoms with van der Waals surface area (Å²) in [4.78, 5) is 18.2. The number of pyridine rings is 1. The van der Waals surface area contributed by atoms with E-state index in [-0.39, 0.29) is 0 Å². The minimum absolute atomic E-state index is 0.314. The van der Waals surface area contributed by atoms with E-state index in [2.05, 4.69) is 29.1 Å². The molecule has 3 aromatic rings. The van der Waals surface area contributed by atoms with Crippen molar-refractivity contribution in [1.82, 2.24) is 9.97 Å². The topological polar surface area (TPSA) is 54.9 Å². The van der Waals surface area contributed by atoms with Crippen LogP contribution in [0.3, 0.4) is 0 Å². The van der Waals surface area contributed by atoms with Crippen LogP contribution in [0.5, 0.6) is 0 Å². The van der Waals surface area contributed by atoms with E-state index in [1.165, 1.54) is 23.9 Å². The van der Waals surface area contributed by atoms with Crippen molar-refractivity contribution in [3.05, 3.63) is 71.2 Å². The molecule has 3 rings (SSSR count). The highest BCUT2D eigenvalue weighted by molar-refractivity contribution is 8.00. The van der Waals surface area contributed by atoms with Crippen LogP contribution in [-0.2, 0) is 5.75 Å². The molecule has 0 aliphatic carbocycles. The van der Waals surface area contributed by atoms with E-state index in [0.717, 1.165) is 27.4 Å². The Morgan fingerprint density at radius 1 is 1.20 bits per heavy atom. The first kappa shape index (κ1) is 25.7. The first-order chi connectivity index (χ1) is 14.4. The summed E-state index contributed by atoms with van der Waals surface area (Å²) < 4.78 is 27.5. The molecule has 0 fully saturated rings. The minimum Gasteiger partial charge on any atom is -0.365 e. The summed E-state index contributed by atoms with van der Waals surface area (Å²) in [7, 11) is 1.83. The molecule has 0 amide bonds. The first-order valence-corrected chi connectivity index (χ1v) is 11.4. The standard InChI is InChI=1S/C14H16F2N2S2.C6H5NO.C2H6/c1-8(2)12-13(20-14(17-3)18-12)19-7-9-4-5-10(15)6-11(9)16;8-5-6-3-1-2-4-7-6;1-2/h4-6,8H,7H2,1-3H3,(H,17,18);1-5H;1-2H3. The van der Waals surface area contributed by atoms with Gasteiger partial charge < -0.3 is 5.32 Å². The van der Waals surface area contributed by atoms with Gasteiger partial charge in [-0.3, -0.25) is 9.78 Å². The van der Waals surface area contributed by atoms with Crippen LogP contribution in [0.2, 0.25) is 0 Å². The molecule has 0 atom stereocenters. The summed E-state index contributed by atoms with van der Waals surface area (Å²) in [5, 5.41) is 3.89. The summed E-state index contributed by atoms with van der Waals surface area (Å²) >= 11 is 3.10. The van der Waals surface area contributed by atoms with E-state index in [0.29, 0.717) is 22.9 Å². The van der Waals surface area contributed by atoms with Crippen LogP contribution in [0.15, 0.2) is 46.8 Å². The third-order valence-electron chi connectivity index (χ3n) is 3.56. The molecule has 4 nitrogen and oxygen atoms in total. The van der Waals surface area contributed by atoms with E-state index in [4.69, 9.17) is 0 Å². The van der Waals surface area contributed by atoms with Crippen molar-refractivity contribution in [3.63, 3.8) is 0 Å². The second-order valence-electron chi connectivity index (χ2n) is 5.99. The maximum Gasteiger partial charge on any atom is 0.183 e. The molecule has 0 aliphatic rings. The maximum atomic E-state index is 13.6. The zero-order valence-corrected chi connectivity index (χ0v) is 19.4. The van der Waals surface area contributed by atoms with Crippen LogP contribution >= 0.6 is 23.1 Å². The van der Waals surface area contributed by atoms with Gasteiger partial charge in [0, 0.05) is 25.1 Å². The molecule has 1 N–H and O–H groups in total. The molecular formula is C22H27F2N3OS2. The Kier molecular flexibility index (Phi) is 11.8. The van der Waals surface area contributed by atoms with E-state index in [1.54, 1.807) is 35.7 Å². The molecule has 1 aromatic carbocycles. The molecule has 0 saturated carbocycles. The van der Waals surface area contributed by atoms with Crippen LogP contribution in [0.1, 0.15) is 55.4 Å². The highest BCUT2D eigenvalue weighted by Gasteiger charge is 2.15. The number of hydrogen-bond donors (Lipinski definition) is 1. The normalized spacial score (nSPS) is 9.87. The smallest absolute Gasteiger partial charge is 0.183 e. The second kappa shape index (κ2) is 13.8. The predicted octanol–water partition coefficient (Wildman–Crippen LogP) is 6.80. The highest BCUT2D eigenvalue weighted by Crippen LogP contribution is 2.37. The lowest BCUT2D eigenvalue weighted by molar-refractivity contribution is 0.111. The Morgan fingerprint density at radius 2 is 1.93 bits per heavy atom. The average molecular weight is 452 g/mol. The zero-order chi connectivity index (χ0) is 22.5. The van der Waals surface area contributed by atoms with Gasteiger partial charge in [0.1, 0.15) is 17.3 Å². The van der Waals surface area contributed by atoms with Crippen LogP contribution in [0.4, 0.5) is 13.9 Å². The number of carbonyl (C=O) groups is 1. The highest BCUT2D eigenvalue weighted by atomic mass is 32.2. The van der Waals surface area contributed by atoms with Crippen molar-refractivity contribution in [2.24, 2.45) is 0 Å². The quantitative estimate of drug-likeness (QED) is 0.330. The van der Waals surface area contributed by atoms with Gasteiger partial charge in [0.25, 0.3) is 0 Å². The molecule has 0 bridgehead atoms. The fourth-order valence-electron chi connectivity index (χ4n) is 2.12. The second-order valence-corrected chi connectivity index (χ2v) is 8.24. The van der Waals surface area contributed by atoms with Crippen LogP contribution < -0.4 is 5.32 Å². The van der Waals surface area contributed by atoms with Crippen molar-refractivity contribution >= 4 is 34.5 Å². The van der Waals surface area contributed by atoms with Gasteiger partial charge >= 0.3 is 0 Å². The summed E-state index contributed by atoms with van der Waals surface area (Å²) in [6, 6.07) is 8.91. The van der Waals surface area contributed by atoms with Gasteiger partial charge in [-0.05, 0) is 29.7 Å². The van der Waals surface area contributed by atoms with Gasteiger partial charge in [0.2, 0.25) is 0 Å². The summed E-state index contributed by atoms with van der Waals surface area (Å²) in [5.74, 6) is -0.262. The molecule has 2 aromatic heterocycles. The number of thioether (sulfide) groups is 1. The monoisotopic (exact) mass is 451 g/mol. The third kappa shape index (κ3) is 8.20. The molecule has 0 radical (unpaired) electrons. The van der Waals surface area contributed by atoms with Crippen LogP contribution in [0.25, 0.3) is 0 Å². The number of nitrogens with one attached hydrogen (secondary N) is 1. The molecule has 0 spiro atoms. The number of nitrogens with zero attached hydrogens (tertiary/aromatic N) is 2. The Bertz CT molecular complexity index is 903. The zero-order valence-electron chi connectivity index (χ0n) is 17.8. The van der Waals surface area contributed by atoms with Crippen molar-refractivity contribution in [2.45, 2.75) is 43.6 Å². The van der Waals surface area contributed by atoms with Crippen LogP contribution in [0, 0.1) is 11.6 Å². The summed E-state index contributed by atoms with van der Waals surface area (Å²) in [5.41, 5.74) is 2.00. The number of halogens is 2. The maximum absolute atomic E-state index is 13.6. The lowest BCUT2D eigenvalue weighted by Crippen LogP contribution is -1.92. The van der Waals surface area contributed by atoms with E-state index < -0.39 is 11.6 Å². The van der Waals surface area contributed by atoms with Gasteiger partial charge in [0.05, 0.1) is 9.90 Å². The molecule has 0 aliphatic heterocycles. The molecule has 0 unspecified atom stereocenters. The fourth-order valence-corrected chi connectivity index (χ4v) is 4.53. The lowest BCUT2D eigenvalue weighted by atomic mass is 10.2. The van der Waals surface area contributed by atoms with E-state index in [9.17, 15) is 13.6 Å². The number of carbonyl (C=O) groups excluding carboxylic acids is 1. The summed E-state index contributed by atoms with van der Waals surface area (Å²) in [6.45, 7) is 8.16. The Balaban J connectivity index is 0.000000375. The van der Waals surface area contributed by atoms with E-state index in [1.807, 2.05) is 20.9 Å². The Labute approximate surface area is 185 Å². The molecule has 30 heavy (non-hydrogen) atoms. The van der Waals surface area contributed by atoms with Gasteiger partial charge in [0.15, 0.2) is 11.4 Å². The summed E-state index contributed by atoms with van der Waals surface area (Å²) in [6.07, 6.45) is 2.31.